The molecule has 0 amide bonds. The van der Waals surface area contributed by atoms with E-state index in [1.165, 1.54) is 0 Å². The Hall–Kier alpha value is -2.71. The fourth-order valence-corrected chi connectivity index (χ4v) is 1.32. The number of carbonyl (C=O) groups excluding carboxylic acids is 2. The molecule has 0 bridgehead atoms. The van der Waals surface area contributed by atoms with Gasteiger partial charge in [-0.15, -0.1) is 0 Å². The van der Waals surface area contributed by atoms with Crippen molar-refractivity contribution >= 4 is 22.9 Å². The van der Waals surface area contributed by atoms with E-state index in [0.29, 0.717) is 6.07 Å². The lowest BCUT2D eigenvalue weighted by atomic mass is 10.0. The Morgan fingerprint density at radius 3 is 2.21 bits per heavy atom. The molecule has 0 aliphatic heterocycles. The maximum absolute atomic E-state index is 13.3. The summed E-state index contributed by atoms with van der Waals surface area (Å²) in [6.45, 7) is 0.797. The van der Waals surface area contributed by atoms with Crippen molar-refractivity contribution in [1.82, 2.24) is 0 Å². The van der Waals surface area contributed by atoms with E-state index in [0.717, 1.165) is 19.1 Å². The monoisotopic (exact) mass is 270 g/mol. The number of carbonyl (C=O) groups is 2. The molecule has 0 aliphatic rings. The zero-order valence-corrected chi connectivity index (χ0v) is 9.53. The number of alkyl halides is 1. The van der Waals surface area contributed by atoms with Crippen molar-refractivity contribution in [2.45, 2.75) is 13.1 Å². The summed E-state index contributed by atoms with van der Waals surface area (Å²) in [6, 6.07) is 2.12. The fraction of sp³-hybridized carbons (Fsp3) is 0.200. The highest BCUT2D eigenvalue weighted by Gasteiger charge is 2.31. The van der Waals surface area contributed by atoms with Crippen LogP contribution in [0, 0.1) is 20.2 Å². The van der Waals surface area contributed by atoms with Gasteiger partial charge in [-0.25, -0.2) is 4.39 Å². The second-order valence-corrected chi connectivity index (χ2v) is 3.55. The van der Waals surface area contributed by atoms with Gasteiger partial charge in [0.15, 0.2) is 5.78 Å². The molecule has 0 aromatic heterocycles. The van der Waals surface area contributed by atoms with Gasteiger partial charge in [0.1, 0.15) is 5.56 Å². The first kappa shape index (κ1) is 14.4. The maximum atomic E-state index is 13.3. The highest BCUT2D eigenvalue weighted by molar-refractivity contribution is 6.14. The zero-order valence-electron chi connectivity index (χ0n) is 9.53. The number of non-ortho nitro benzene ring substituents is 1. The average molecular weight is 270 g/mol. The topological polar surface area (TPSA) is 120 Å². The van der Waals surface area contributed by atoms with Gasteiger partial charge in [0.05, 0.1) is 9.85 Å². The van der Waals surface area contributed by atoms with Crippen molar-refractivity contribution in [1.29, 1.82) is 0 Å². The Morgan fingerprint density at radius 1 is 1.21 bits per heavy atom. The van der Waals surface area contributed by atoms with E-state index in [4.69, 9.17) is 0 Å². The van der Waals surface area contributed by atoms with Crippen molar-refractivity contribution in [3.63, 3.8) is 0 Å². The Morgan fingerprint density at radius 2 is 1.79 bits per heavy atom. The lowest BCUT2D eigenvalue weighted by Gasteiger charge is -2.04. The lowest BCUT2D eigenvalue weighted by Crippen LogP contribution is -2.24. The van der Waals surface area contributed by atoms with Gasteiger partial charge >= 0.3 is 0 Å². The summed E-state index contributed by atoms with van der Waals surface area (Å²) in [5, 5.41) is 21.2. The van der Waals surface area contributed by atoms with Crippen LogP contribution in [-0.4, -0.2) is 27.6 Å². The molecule has 1 atom stereocenters. The van der Waals surface area contributed by atoms with E-state index in [1.54, 1.807) is 0 Å². The summed E-state index contributed by atoms with van der Waals surface area (Å²) in [4.78, 5) is 41.7. The molecule has 100 valence electrons. The highest BCUT2D eigenvalue weighted by Crippen LogP contribution is 2.25. The van der Waals surface area contributed by atoms with Crippen LogP contribution < -0.4 is 0 Å². The minimum atomic E-state index is -2.58. The van der Waals surface area contributed by atoms with Gasteiger partial charge in [0.2, 0.25) is 12.0 Å². The van der Waals surface area contributed by atoms with Gasteiger partial charge in [-0.05, 0) is 6.92 Å². The molecule has 1 rings (SSSR count). The summed E-state index contributed by atoms with van der Waals surface area (Å²) in [6.07, 6.45) is -2.58. The first-order valence-electron chi connectivity index (χ1n) is 4.87. The van der Waals surface area contributed by atoms with Gasteiger partial charge in [0, 0.05) is 18.2 Å². The molecule has 0 radical (unpaired) electrons. The molecule has 0 heterocycles. The van der Waals surface area contributed by atoms with Crippen LogP contribution >= 0.6 is 0 Å². The molecular formula is C10H7FN2O6. The number of benzene rings is 1. The second-order valence-electron chi connectivity index (χ2n) is 3.55. The third-order valence-corrected chi connectivity index (χ3v) is 2.24. The Balaban J connectivity index is 3.40. The van der Waals surface area contributed by atoms with Crippen LogP contribution in [0.1, 0.15) is 17.3 Å². The van der Waals surface area contributed by atoms with Crippen molar-refractivity contribution in [2.75, 3.05) is 0 Å². The minimum Gasteiger partial charge on any atom is -0.296 e. The largest absolute Gasteiger partial charge is 0.296 e. The van der Waals surface area contributed by atoms with Gasteiger partial charge < -0.3 is 0 Å². The average Bonchev–Trinajstić information content (AvgIpc) is 2.35. The normalized spacial score (nSPS) is 11.7. The number of hydrogen-bond acceptors (Lipinski definition) is 6. The number of Topliss-reactive ketones (excluding diaryl/α,β-unsaturated/α-hetero) is 2. The smallest absolute Gasteiger partial charge is 0.280 e. The SMILES string of the molecule is CC(=O)C(F)C(=O)c1cc([N+](=O)[O-])ccc1[N+](=O)[O-]. The molecule has 1 aromatic rings. The predicted molar refractivity (Wildman–Crippen MR) is 59.7 cm³/mol. The minimum absolute atomic E-state index is 0.579. The van der Waals surface area contributed by atoms with Crippen LogP contribution in [0.25, 0.3) is 0 Å². The molecule has 0 N–H and O–H groups in total. The summed E-state index contributed by atoms with van der Waals surface area (Å²) in [5.41, 5.74) is -2.20. The van der Waals surface area contributed by atoms with Crippen LogP contribution in [-0.2, 0) is 4.79 Å². The third kappa shape index (κ3) is 2.94. The van der Waals surface area contributed by atoms with Crippen molar-refractivity contribution in [3.05, 3.63) is 44.0 Å². The molecule has 8 nitrogen and oxygen atoms in total. The number of ketones is 2. The lowest BCUT2D eigenvalue weighted by molar-refractivity contribution is -0.389. The number of halogens is 1. The molecule has 0 aliphatic carbocycles. The molecule has 1 unspecified atom stereocenters. The predicted octanol–water partition coefficient (Wildman–Crippen LogP) is 1.61. The first-order valence-corrected chi connectivity index (χ1v) is 4.87. The van der Waals surface area contributed by atoms with Gasteiger partial charge in [-0.1, -0.05) is 0 Å². The number of nitro groups is 2. The van der Waals surface area contributed by atoms with Crippen molar-refractivity contribution < 1.29 is 23.8 Å². The molecule has 0 spiro atoms. The van der Waals surface area contributed by atoms with Crippen molar-refractivity contribution in [2.24, 2.45) is 0 Å². The molecule has 1 aromatic carbocycles. The van der Waals surface area contributed by atoms with Crippen LogP contribution in [0.2, 0.25) is 0 Å². The zero-order chi connectivity index (χ0) is 14.7. The van der Waals surface area contributed by atoms with E-state index in [-0.39, 0.29) is 0 Å². The number of nitrogens with zero attached hydrogens (tertiary/aromatic N) is 2. The van der Waals surface area contributed by atoms with Gasteiger partial charge in [-0.3, -0.25) is 29.8 Å². The van der Waals surface area contributed by atoms with Crippen molar-refractivity contribution in [3.8, 4) is 0 Å². The molecule has 9 heteroatoms. The fourth-order valence-electron chi connectivity index (χ4n) is 1.32. The molecular weight excluding hydrogens is 263 g/mol. The highest BCUT2D eigenvalue weighted by atomic mass is 19.1. The van der Waals surface area contributed by atoms with E-state index in [9.17, 15) is 34.2 Å². The van der Waals surface area contributed by atoms with E-state index >= 15 is 0 Å². The standard InChI is InChI=1S/C10H7FN2O6/c1-5(14)9(11)10(15)7-4-6(12(16)17)2-3-8(7)13(18)19/h2-4,9H,1H3. The summed E-state index contributed by atoms with van der Waals surface area (Å²) in [5.74, 6) is -2.60. The van der Waals surface area contributed by atoms with Crippen LogP contribution in [0.5, 0.6) is 0 Å². The summed E-state index contributed by atoms with van der Waals surface area (Å²) >= 11 is 0. The van der Waals surface area contributed by atoms with Crippen LogP contribution in [0.15, 0.2) is 18.2 Å². The maximum Gasteiger partial charge on any atom is 0.280 e. The second kappa shape index (κ2) is 5.29. The van der Waals surface area contributed by atoms with Gasteiger partial charge in [0.25, 0.3) is 11.4 Å². The van der Waals surface area contributed by atoms with E-state index in [2.05, 4.69) is 0 Å². The van der Waals surface area contributed by atoms with Crippen LogP contribution in [0.3, 0.4) is 0 Å². The first-order chi connectivity index (χ1) is 8.75. The Labute approximate surface area is 105 Å². The van der Waals surface area contributed by atoms with E-state index < -0.39 is 44.5 Å². The molecule has 0 fully saturated rings. The Kier molecular flexibility index (Phi) is 4.00. The van der Waals surface area contributed by atoms with Gasteiger partial charge in [-0.2, -0.15) is 0 Å². The number of hydrogen-bond donors (Lipinski definition) is 0. The third-order valence-electron chi connectivity index (χ3n) is 2.24. The Bertz CT molecular complexity index is 585. The summed E-state index contributed by atoms with van der Waals surface area (Å²) in [7, 11) is 0. The summed E-state index contributed by atoms with van der Waals surface area (Å²) < 4.78 is 13.3. The molecule has 0 saturated carbocycles. The molecule has 19 heavy (non-hydrogen) atoms. The van der Waals surface area contributed by atoms with E-state index in [1.807, 2.05) is 0 Å². The number of rotatable bonds is 5. The van der Waals surface area contributed by atoms with Crippen LogP contribution in [0.4, 0.5) is 15.8 Å². The quantitative estimate of drug-likeness (QED) is 0.347. The number of nitro benzene ring substituents is 2. The molecule has 0 saturated heterocycles.